The van der Waals surface area contributed by atoms with E-state index in [0.29, 0.717) is 29.6 Å². The van der Waals surface area contributed by atoms with Crippen LogP contribution in [0.25, 0.3) is 0 Å². The quantitative estimate of drug-likeness (QED) is 0.786. The molecule has 1 N–H and O–H groups in total. The van der Waals surface area contributed by atoms with Crippen LogP contribution in [0.15, 0.2) is 24.3 Å². The summed E-state index contributed by atoms with van der Waals surface area (Å²) in [5.41, 5.74) is -0.393. The molecule has 0 aliphatic heterocycles. The third-order valence-corrected chi connectivity index (χ3v) is 4.94. The molecule has 0 saturated heterocycles. The van der Waals surface area contributed by atoms with Gasteiger partial charge in [-0.25, -0.2) is 0 Å². The summed E-state index contributed by atoms with van der Waals surface area (Å²) < 4.78 is 0. The van der Waals surface area contributed by atoms with Crippen LogP contribution in [0.4, 0.5) is 0 Å². The van der Waals surface area contributed by atoms with E-state index in [0.717, 1.165) is 0 Å². The molecule has 0 bridgehead atoms. The molecule has 0 radical (unpaired) electrons. The van der Waals surface area contributed by atoms with E-state index < -0.39 is 5.60 Å². The third kappa shape index (κ3) is 1.89. The number of aliphatic hydroxyl groups is 1. The molecule has 2 fully saturated rings. The molecule has 0 unspecified atom stereocenters. The predicted molar refractivity (Wildman–Crippen MR) is 70.5 cm³/mol. The Balaban J connectivity index is 1.89. The minimum absolute atomic E-state index is 0.354. The van der Waals surface area contributed by atoms with Crippen molar-refractivity contribution in [3.8, 4) is 0 Å². The lowest BCUT2D eigenvalue weighted by Gasteiger charge is -2.41. The molecule has 94 valence electrons. The number of hydrogen-bond acceptors (Lipinski definition) is 1. The summed E-state index contributed by atoms with van der Waals surface area (Å²) in [5.74, 6) is 2.65. The van der Waals surface area contributed by atoms with Crippen LogP contribution in [0.2, 0.25) is 0 Å². The van der Waals surface area contributed by atoms with E-state index in [-0.39, 0.29) is 0 Å². The van der Waals surface area contributed by atoms with E-state index in [2.05, 4.69) is 38.2 Å². The van der Waals surface area contributed by atoms with E-state index in [1.165, 1.54) is 25.7 Å². The minimum atomic E-state index is -0.393. The molecule has 3 aliphatic rings. The van der Waals surface area contributed by atoms with Gasteiger partial charge in [-0.15, -0.1) is 0 Å². The van der Waals surface area contributed by atoms with Gasteiger partial charge >= 0.3 is 0 Å². The largest absolute Gasteiger partial charge is 0.389 e. The molecular weight excluding hydrogens is 208 g/mol. The lowest BCUT2D eigenvalue weighted by atomic mass is 9.67. The van der Waals surface area contributed by atoms with Crippen LogP contribution in [0.1, 0.15) is 39.5 Å². The van der Waals surface area contributed by atoms with Crippen molar-refractivity contribution in [3.63, 3.8) is 0 Å². The first-order valence-electron chi connectivity index (χ1n) is 7.21. The van der Waals surface area contributed by atoms with Gasteiger partial charge in [0.05, 0.1) is 5.60 Å². The third-order valence-electron chi connectivity index (χ3n) is 4.94. The van der Waals surface area contributed by atoms with Gasteiger partial charge in [0, 0.05) is 5.92 Å². The molecule has 0 spiro atoms. The summed E-state index contributed by atoms with van der Waals surface area (Å²) in [6.45, 7) is 4.56. The Morgan fingerprint density at radius 1 is 1.00 bits per heavy atom. The minimum Gasteiger partial charge on any atom is -0.389 e. The first-order valence-corrected chi connectivity index (χ1v) is 7.21. The maximum Gasteiger partial charge on any atom is 0.0771 e. The van der Waals surface area contributed by atoms with Crippen LogP contribution >= 0.6 is 0 Å². The Hall–Kier alpha value is -0.560. The molecule has 17 heavy (non-hydrogen) atoms. The average Bonchev–Trinajstić information content (AvgIpc) is 3.20. The van der Waals surface area contributed by atoms with Crippen molar-refractivity contribution in [2.75, 3.05) is 0 Å². The number of allylic oxidation sites excluding steroid dienone is 3. The van der Waals surface area contributed by atoms with Crippen LogP contribution in [0.3, 0.4) is 0 Å². The van der Waals surface area contributed by atoms with Crippen molar-refractivity contribution < 1.29 is 5.11 Å². The zero-order chi connectivity index (χ0) is 12.0. The van der Waals surface area contributed by atoms with Crippen LogP contribution < -0.4 is 0 Å². The zero-order valence-electron chi connectivity index (χ0n) is 11.0. The standard InChI is InChI=1S/C16H24O/c1-11(2)14-5-3-4-6-15(14)16(17,12-7-8-12)13-9-10-13/h3-6,11-15,17H,7-10H2,1-2H3/t14-,15+/m1/s1. The maximum absolute atomic E-state index is 11.2. The average molecular weight is 232 g/mol. The van der Waals surface area contributed by atoms with Gasteiger partial charge in [-0.1, -0.05) is 38.2 Å². The van der Waals surface area contributed by atoms with E-state index in [1.54, 1.807) is 0 Å². The Labute approximate surface area is 105 Å². The van der Waals surface area contributed by atoms with Crippen LogP contribution in [-0.4, -0.2) is 10.7 Å². The zero-order valence-corrected chi connectivity index (χ0v) is 11.0. The summed E-state index contributed by atoms with van der Waals surface area (Å²) in [4.78, 5) is 0. The van der Waals surface area contributed by atoms with Gasteiger partial charge in [0.15, 0.2) is 0 Å². The predicted octanol–water partition coefficient (Wildman–Crippen LogP) is 3.55. The van der Waals surface area contributed by atoms with Crippen LogP contribution in [0.5, 0.6) is 0 Å². The first kappa shape index (κ1) is 11.5. The lowest BCUT2D eigenvalue weighted by molar-refractivity contribution is -0.0615. The maximum atomic E-state index is 11.2. The van der Waals surface area contributed by atoms with Gasteiger partial charge in [0.1, 0.15) is 0 Å². The molecule has 3 aliphatic carbocycles. The first-order chi connectivity index (χ1) is 8.14. The molecule has 2 saturated carbocycles. The molecule has 0 aromatic rings. The van der Waals surface area contributed by atoms with Gasteiger partial charge < -0.3 is 5.11 Å². The summed E-state index contributed by atoms with van der Waals surface area (Å²) in [6.07, 6.45) is 13.8. The number of rotatable bonds is 4. The highest BCUT2D eigenvalue weighted by atomic mass is 16.3. The second-order valence-electron chi connectivity index (χ2n) is 6.55. The Bertz CT molecular complexity index is 333. The number of hydrogen-bond donors (Lipinski definition) is 1. The van der Waals surface area contributed by atoms with E-state index in [1.807, 2.05) is 0 Å². The van der Waals surface area contributed by atoms with Crippen LogP contribution in [-0.2, 0) is 0 Å². The fourth-order valence-electron chi connectivity index (χ4n) is 3.69. The van der Waals surface area contributed by atoms with Crippen molar-refractivity contribution in [2.24, 2.45) is 29.6 Å². The van der Waals surface area contributed by atoms with E-state index in [4.69, 9.17) is 0 Å². The molecule has 0 aromatic heterocycles. The lowest BCUT2D eigenvalue weighted by Crippen LogP contribution is -2.46. The van der Waals surface area contributed by atoms with Crippen LogP contribution in [0, 0.1) is 29.6 Å². The van der Waals surface area contributed by atoms with Gasteiger partial charge in [0.2, 0.25) is 0 Å². The highest BCUT2D eigenvalue weighted by Gasteiger charge is 2.58. The highest BCUT2D eigenvalue weighted by molar-refractivity contribution is 5.22. The summed E-state index contributed by atoms with van der Waals surface area (Å²) in [7, 11) is 0. The fourth-order valence-corrected chi connectivity index (χ4v) is 3.69. The summed E-state index contributed by atoms with van der Waals surface area (Å²) in [5, 5.41) is 11.2. The molecule has 1 nitrogen and oxygen atoms in total. The van der Waals surface area contributed by atoms with Gasteiger partial charge in [0.25, 0.3) is 0 Å². The van der Waals surface area contributed by atoms with E-state index >= 15 is 0 Å². The summed E-state index contributed by atoms with van der Waals surface area (Å²) in [6, 6.07) is 0. The molecular formula is C16H24O. The molecule has 0 heterocycles. The smallest absolute Gasteiger partial charge is 0.0771 e. The normalized spacial score (nSPS) is 33.4. The van der Waals surface area contributed by atoms with Crippen molar-refractivity contribution in [1.82, 2.24) is 0 Å². The van der Waals surface area contributed by atoms with Gasteiger partial charge in [-0.05, 0) is 49.4 Å². The summed E-state index contributed by atoms with van der Waals surface area (Å²) >= 11 is 0. The molecule has 0 aromatic carbocycles. The van der Waals surface area contributed by atoms with Crippen molar-refractivity contribution in [1.29, 1.82) is 0 Å². The van der Waals surface area contributed by atoms with Crippen molar-refractivity contribution >= 4 is 0 Å². The second kappa shape index (κ2) is 3.98. The Morgan fingerprint density at radius 2 is 1.53 bits per heavy atom. The Morgan fingerprint density at radius 3 is 2.00 bits per heavy atom. The van der Waals surface area contributed by atoms with Gasteiger partial charge in [-0.3, -0.25) is 0 Å². The second-order valence-corrected chi connectivity index (χ2v) is 6.55. The molecule has 1 heteroatoms. The molecule has 3 rings (SSSR count). The van der Waals surface area contributed by atoms with Crippen molar-refractivity contribution in [2.45, 2.75) is 45.1 Å². The highest BCUT2D eigenvalue weighted by Crippen LogP contribution is 2.58. The molecule has 0 amide bonds. The van der Waals surface area contributed by atoms with Crippen molar-refractivity contribution in [3.05, 3.63) is 24.3 Å². The van der Waals surface area contributed by atoms with E-state index in [9.17, 15) is 5.11 Å². The monoisotopic (exact) mass is 232 g/mol. The topological polar surface area (TPSA) is 20.2 Å². The molecule has 2 atom stereocenters. The Kier molecular flexibility index (Phi) is 2.70. The van der Waals surface area contributed by atoms with Gasteiger partial charge in [-0.2, -0.15) is 0 Å². The fraction of sp³-hybridized carbons (Fsp3) is 0.750. The SMILES string of the molecule is CC(C)[C@H]1C=CC=C[C@@H]1C(O)(C1CC1)C1CC1.